The molecule has 1 fully saturated rings. The summed E-state index contributed by atoms with van der Waals surface area (Å²) in [6, 6.07) is 27.3. The van der Waals surface area contributed by atoms with Crippen LogP contribution >= 0.6 is 11.8 Å². The number of aliphatic hydroxyl groups excluding tert-OH is 2. The van der Waals surface area contributed by atoms with E-state index in [0.717, 1.165) is 78.7 Å². The van der Waals surface area contributed by atoms with E-state index in [1.165, 1.54) is 50.7 Å². The van der Waals surface area contributed by atoms with Crippen LogP contribution in [0.25, 0.3) is 0 Å². The van der Waals surface area contributed by atoms with Gasteiger partial charge in [-0.3, -0.25) is 15.0 Å². The second-order valence-electron chi connectivity index (χ2n) is 21.1. The molecule has 0 spiro atoms. The molecule has 1 amide bonds. The van der Waals surface area contributed by atoms with Crippen molar-refractivity contribution in [3.63, 3.8) is 0 Å². The molecule has 0 radical (unpaired) electrons. The third-order valence-corrected chi connectivity index (χ3v) is 16.7. The van der Waals surface area contributed by atoms with Crippen molar-refractivity contribution in [1.29, 1.82) is 0 Å². The Labute approximate surface area is 470 Å². The summed E-state index contributed by atoms with van der Waals surface area (Å²) in [4.78, 5) is 35.6. The number of aliphatic hydroxyl groups is 2. The van der Waals surface area contributed by atoms with Gasteiger partial charge in [-0.15, -0.1) is 18.3 Å². The van der Waals surface area contributed by atoms with Gasteiger partial charge in [0.1, 0.15) is 24.1 Å². The number of unbranched alkanes of at least 4 members (excludes halogenated alkanes) is 11. The maximum absolute atomic E-state index is 15.3. The fourth-order valence-electron chi connectivity index (χ4n) is 11.8. The fourth-order valence-corrected chi connectivity index (χ4v) is 12.6. The van der Waals surface area contributed by atoms with Gasteiger partial charge in [-0.25, -0.2) is 4.79 Å². The first-order valence-electron chi connectivity index (χ1n) is 28.8. The second kappa shape index (κ2) is 30.5. The normalized spacial score (nSPS) is 21.1. The number of benzene rings is 4. The van der Waals surface area contributed by atoms with Crippen LogP contribution in [-0.4, -0.2) is 89.3 Å². The third-order valence-electron chi connectivity index (χ3n) is 15.7. The summed E-state index contributed by atoms with van der Waals surface area (Å²) in [6.07, 6.45) is 19.4. The molecule has 4 aromatic rings. The molecule has 6 unspecified atom stereocenters. The number of hydrogen-bond acceptors (Lipinski definition) is 14. The van der Waals surface area contributed by atoms with Gasteiger partial charge in [0.05, 0.1) is 36.4 Å². The predicted octanol–water partition coefficient (Wildman–Crippen LogP) is 13.9. The quantitative estimate of drug-likeness (QED) is 0.0148. The maximum atomic E-state index is 15.3. The molecule has 8 rings (SSSR count). The molecule has 2 aliphatic carbocycles. The van der Waals surface area contributed by atoms with E-state index in [1.54, 1.807) is 34.9 Å². The maximum Gasteiger partial charge on any atom is 0.410 e. The minimum atomic E-state index is -1.54. The Morgan fingerprint density at radius 2 is 1.54 bits per heavy atom. The highest BCUT2D eigenvalue weighted by atomic mass is 32.2. The highest BCUT2D eigenvalue weighted by Crippen LogP contribution is 2.62. The second-order valence-corrected chi connectivity index (χ2v) is 22.3. The van der Waals surface area contributed by atoms with Crippen LogP contribution in [0.1, 0.15) is 139 Å². The lowest BCUT2D eigenvalue weighted by atomic mass is 9.55. The molecular weight excluding hydrogens is 1020 g/mol. The zero-order chi connectivity index (χ0) is 55.2. The largest absolute Gasteiger partial charge is 0.493 e. The van der Waals surface area contributed by atoms with Crippen LogP contribution in [0.4, 0.5) is 10.5 Å². The average molecular weight is 1100 g/mol. The summed E-state index contributed by atoms with van der Waals surface area (Å²) in [7, 11) is 0. The summed E-state index contributed by atoms with van der Waals surface area (Å²) < 4.78 is 39.3. The number of carbonyl (C=O) groups is 1. The minimum absolute atomic E-state index is 0.00331. The first-order valence-corrected chi connectivity index (χ1v) is 29.8. The first-order chi connectivity index (χ1) is 38.8. The Kier molecular flexibility index (Phi) is 22.8. The summed E-state index contributed by atoms with van der Waals surface area (Å²) in [5, 5.41) is 36.8. The lowest BCUT2D eigenvalue weighted by molar-refractivity contribution is -0.384. The van der Waals surface area contributed by atoms with Crippen molar-refractivity contribution in [3.05, 3.63) is 142 Å². The number of nitro groups is 1. The van der Waals surface area contributed by atoms with Crippen molar-refractivity contribution in [2.24, 2.45) is 22.9 Å². The van der Waals surface area contributed by atoms with Crippen molar-refractivity contribution in [1.82, 2.24) is 4.90 Å². The molecule has 0 aromatic heterocycles. The molecule has 15 nitrogen and oxygen atoms in total. The lowest BCUT2D eigenvalue weighted by Gasteiger charge is -2.59. The van der Waals surface area contributed by atoms with Gasteiger partial charge in [-0.05, 0) is 115 Å². The zero-order valence-corrected chi connectivity index (χ0v) is 46.8. The van der Waals surface area contributed by atoms with E-state index in [1.807, 2.05) is 48.5 Å². The van der Waals surface area contributed by atoms with E-state index in [2.05, 4.69) is 37.8 Å². The number of amides is 1. The van der Waals surface area contributed by atoms with Crippen LogP contribution in [0.15, 0.2) is 125 Å². The Morgan fingerprint density at radius 1 is 0.835 bits per heavy atom. The summed E-state index contributed by atoms with van der Waals surface area (Å²) in [5.74, 6) is 0.835. The van der Waals surface area contributed by atoms with Crippen molar-refractivity contribution >= 4 is 29.3 Å². The zero-order valence-electron chi connectivity index (χ0n) is 46.0. The number of hydrogen-bond donors (Lipinski definition) is 2. The fraction of sp³-hybridized carbons (Fsp3) is 0.524. The van der Waals surface area contributed by atoms with E-state index in [9.17, 15) is 20.3 Å². The van der Waals surface area contributed by atoms with Crippen molar-refractivity contribution in [2.75, 3.05) is 45.6 Å². The third kappa shape index (κ3) is 15.6. The minimum Gasteiger partial charge on any atom is -0.493 e. The van der Waals surface area contributed by atoms with Crippen LogP contribution in [-0.2, 0) is 27.5 Å². The smallest absolute Gasteiger partial charge is 0.410 e. The molecule has 4 aliphatic rings. The van der Waals surface area contributed by atoms with E-state index in [4.69, 9.17) is 38.4 Å². The number of nitrogens with zero attached hydrogens (tertiary/aromatic N) is 3. The standard InChI is InChI=1S/C63H81N3O12S/c1-3-5-6-7-8-9-10-11-12-20-36-73-62(69)65(43-47-27-31-57-58(39-47)75-45-74-57)59-42-55(64-77-44-46-25-28-49(29-26-46)66(70)71)53-40-48(21-16-18-33-67)52(24-17-19-34-68)60-54-41-50(72-37-38-79-51-22-14-13-15-23-51)30-32-56(54)78-63(59,61(53)60)76-35-4-2/h4,13-15,22-23,25-32,39-41,48,52,59-61,67-68H,2-3,5-12,16-21,24,33-38,42-45H2,1H3. The summed E-state index contributed by atoms with van der Waals surface area (Å²) in [5.41, 5.74) is 3.87. The molecule has 4 aromatic carbocycles. The van der Waals surface area contributed by atoms with Gasteiger partial charge in [0.25, 0.3) is 5.69 Å². The number of oxime groups is 1. The van der Waals surface area contributed by atoms with Gasteiger partial charge in [-0.1, -0.05) is 119 Å². The van der Waals surface area contributed by atoms with Crippen LogP contribution in [0.3, 0.4) is 0 Å². The van der Waals surface area contributed by atoms with Gasteiger partial charge in [0.2, 0.25) is 12.6 Å². The number of nitro benzene ring substituents is 1. The van der Waals surface area contributed by atoms with Gasteiger partial charge < -0.3 is 43.5 Å². The number of allylic oxidation sites excluding steroid dienone is 1. The molecule has 1 saturated carbocycles. The molecule has 16 heteroatoms. The molecule has 0 saturated heterocycles. The summed E-state index contributed by atoms with van der Waals surface area (Å²) in [6.45, 7) is 7.48. The van der Waals surface area contributed by atoms with Crippen molar-refractivity contribution in [3.8, 4) is 23.0 Å². The van der Waals surface area contributed by atoms with Crippen LogP contribution < -0.4 is 18.9 Å². The van der Waals surface area contributed by atoms with Crippen LogP contribution in [0.5, 0.6) is 23.0 Å². The molecule has 0 bridgehead atoms. The topological polar surface area (TPSA) is 181 Å². The molecule has 2 N–H and O–H groups in total. The molecular formula is C63H81N3O12S. The van der Waals surface area contributed by atoms with Gasteiger partial charge in [0, 0.05) is 60.4 Å². The van der Waals surface area contributed by atoms with E-state index in [0.29, 0.717) is 53.7 Å². The van der Waals surface area contributed by atoms with Crippen molar-refractivity contribution in [2.45, 2.75) is 152 Å². The summed E-state index contributed by atoms with van der Waals surface area (Å²) >= 11 is 1.73. The van der Waals surface area contributed by atoms with E-state index >= 15 is 4.79 Å². The highest BCUT2D eigenvalue weighted by molar-refractivity contribution is 7.99. The highest BCUT2D eigenvalue weighted by Gasteiger charge is 2.66. The predicted molar refractivity (Wildman–Crippen MR) is 307 cm³/mol. The number of non-ortho nitro benzene ring substituents is 1. The van der Waals surface area contributed by atoms with E-state index in [-0.39, 0.29) is 76.2 Å². The monoisotopic (exact) mass is 1100 g/mol. The molecule has 79 heavy (non-hydrogen) atoms. The van der Waals surface area contributed by atoms with Gasteiger partial charge in [-0.2, -0.15) is 0 Å². The van der Waals surface area contributed by atoms with Gasteiger partial charge in [0.15, 0.2) is 11.5 Å². The Hall–Kier alpha value is -6.07. The molecule has 2 aliphatic heterocycles. The Balaban J connectivity index is 1.21. The van der Waals surface area contributed by atoms with Crippen LogP contribution in [0.2, 0.25) is 0 Å². The van der Waals surface area contributed by atoms with Crippen molar-refractivity contribution < 1.29 is 53.2 Å². The first kappa shape index (κ1) is 59.1. The van der Waals surface area contributed by atoms with Crippen LogP contribution in [0, 0.1) is 27.9 Å². The Bertz CT molecular complexity index is 2630. The van der Waals surface area contributed by atoms with Gasteiger partial charge >= 0.3 is 6.09 Å². The lowest BCUT2D eigenvalue weighted by Crippen LogP contribution is -2.70. The number of thioether (sulfide) groups is 1. The number of fused-ring (bicyclic) bond motifs is 3. The average Bonchev–Trinajstić information content (AvgIpc) is 3.71. The molecule has 2 heterocycles. The number of rotatable bonds is 34. The SMILES string of the molecule is C=CCOC12Oc3ccc(OCCSc4ccccc4)cc3C3C(CCCCO)C(CCCCO)C=C(C(=NOCc4ccc([N+](=O)[O-])cc4)CC1N(Cc1ccc4c(c1)OCO4)C(=O)OCCCCCCCCCCCC)C32. The van der Waals surface area contributed by atoms with E-state index < -0.39 is 28.8 Å². The molecule has 6 atom stereocenters. The Morgan fingerprint density at radius 3 is 2.28 bits per heavy atom. The number of ether oxygens (including phenoxy) is 6. The number of carbonyl (C=O) groups excluding carboxylic acids is 1. The molecule has 426 valence electrons.